The Balaban J connectivity index is 1.81. The monoisotopic (exact) mass is 349 g/mol. The number of hydrogen-bond acceptors (Lipinski definition) is 3. The molecule has 1 aliphatic rings. The van der Waals surface area contributed by atoms with Crippen LogP contribution in [0.3, 0.4) is 0 Å². The first-order valence-corrected chi connectivity index (χ1v) is 7.99. The lowest BCUT2D eigenvalue weighted by Gasteiger charge is -2.14. The van der Waals surface area contributed by atoms with Gasteiger partial charge in [-0.15, -0.1) is 0 Å². The summed E-state index contributed by atoms with van der Waals surface area (Å²) in [7, 11) is 0. The Morgan fingerprint density at radius 1 is 1.28 bits per heavy atom. The highest BCUT2D eigenvalue weighted by Gasteiger charge is 2.31. The van der Waals surface area contributed by atoms with Crippen LogP contribution >= 0.6 is 0 Å². The summed E-state index contributed by atoms with van der Waals surface area (Å²) in [5, 5.41) is 5.78. The Bertz CT molecular complexity index is 783. The zero-order chi connectivity index (χ0) is 18.0. The van der Waals surface area contributed by atoms with Crippen molar-refractivity contribution in [3.8, 4) is 0 Å². The maximum absolute atomic E-state index is 12.7. The topological polar surface area (TPSA) is 54.0 Å². The van der Waals surface area contributed by atoms with Gasteiger partial charge in [0.25, 0.3) is 5.91 Å². The van der Waals surface area contributed by atoms with E-state index < -0.39 is 17.6 Å². The predicted molar refractivity (Wildman–Crippen MR) is 88.6 cm³/mol. The second kappa shape index (κ2) is 6.84. The molecule has 0 radical (unpaired) electrons. The van der Waals surface area contributed by atoms with Gasteiger partial charge in [-0.2, -0.15) is 13.2 Å². The minimum absolute atomic E-state index is 0.0180. The average molecular weight is 349 g/mol. The van der Waals surface area contributed by atoms with Gasteiger partial charge in [-0.3, -0.25) is 9.78 Å². The predicted octanol–water partition coefficient (Wildman–Crippen LogP) is 3.74. The van der Waals surface area contributed by atoms with E-state index in [2.05, 4.69) is 15.6 Å². The molecule has 0 saturated carbocycles. The number of nitrogens with zero attached hydrogens (tertiary/aromatic N) is 1. The molecule has 1 amide bonds. The number of pyridine rings is 1. The number of aromatic nitrogens is 1. The van der Waals surface area contributed by atoms with Crippen molar-refractivity contribution >= 4 is 11.6 Å². The fraction of sp³-hybridized carbons (Fsp3) is 0.333. The number of benzene rings is 1. The molecule has 132 valence electrons. The first-order valence-electron chi connectivity index (χ1n) is 7.99. The number of amides is 1. The number of anilines is 1. The third-order valence-electron chi connectivity index (χ3n) is 4.37. The lowest BCUT2D eigenvalue weighted by molar-refractivity contribution is -0.137. The summed E-state index contributed by atoms with van der Waals surface area (Å²) in [6.45, 7) is 3.80. The summed E-state index contributed by atoms with van der Waals surface area (Å²) in [4.78, 5) is 16.0. The third kappa shape index (κ3) is 3.99. The van der Waals surface area contributed by atoms with E-state index in [1.807, 2.05) is 19.1 Å². The lowest BCUT2D eigenvalue weighted by atomic mass is 9.92. The van der Waals surface area contributed by atoms with E-state index in [9.17, 15) is 18.0 Å². The van der Waals surface area contributed by atoms with Crippen LogP contribution in [0.25, 0.3) is 0 Å². The summed E-state index contributed by atoms with van der Waals surface area (Å²) >= 11 is 0. The molecule has 2 aromatic rings. The Morgan fingerprint density at radius 3 is 2.76 bits per heavy atom. The van der Waals surface area contributed by atoms with E-state index >= 15 is 0 Å². The van der Waals surface area contributed by atoms with Crippen LogP contribution in [0, 0.1) is 6.92 Å². The van der Waals surface area contributed by atoms with Gasteiger partial charge in [-0.05, 0) is 55.1 Å². The smallest absolute Gasteiger partial charge is 0.321 e. The number of nitrogens with one attached hydrogen (secondary N) is 2. The van der Waals surface area contributed by atoms with Crippen LogP contribution in [-0.4, -0.2) is 24.0 Å². The summed E-state index contributed by atoms with van der Waals surface area (Å²) in [5.41, 5.74) is 1.74. The van der Waals surface area contributed by atoms with Gasteiger partial charge in [0.15, 0.2) is 0 Å². The summed E-state index contributed by atoms with van der Waals surface area (Å²) in [6, 6.07) is 6.24. The maximum atomic E-state index is 12.7. The fourth-order valence-electron chi connectivity index (χ4n) is 3.01. The van der Waals surface area contributed by atoms with Crippen molar-refractivity contribution < 1.29 is 18.0 Å². The molecule has 1 atom stereocenters. The molecule has 1 aromatic heterocycles. The minimum atomic E-state index is -4.50. The second-order valence-electron chi connectivity index (χ2n) is 6.18. The molecule has 1 saturated heterocycles. The highest BCUT2D eigenvalue weighted by Crippen LogP contribution is 2.30. The maximum Gasteiger partial charge on any atom is 0.417 e. The van der Waals surface area contributed by atoms with E-state index in [1.54, 1.807) is 6.07 Å². The molecule has 0 bridgehead atoms. The van der Waals surface area contributed by atoms with Gasteiger partial charge >= 0.3 is 6.18 Å². The van der Waals surface area contributed by atoms with Gasteiger partial charge in [0.1, 0.15) is 0 Å². The van der Waals surface area contributed by atoms with Crippen LogP contribution in [0.4, 0.5) is 18.9 Å². The van der Waals surface area contributed by atoms with E-state index in [1.165, 1.54) is 6.20 Å². The molecule has 0 unspecified atom stereocenters. The zero-order valence-corrected chi connectivity index (χ0v) is 13.7. The zero-order valence-electron chi connectivity index (χ0n) is 13.7. The van der Waals surface area contributed by atoms with Crippen LogP contribution in [0.15, 0.2) is 36.7 Å². The highest BCUT2D eigenvalue weighted by atomic mass is 19.4. The molecule has 25 heavy (non-hydrogen) atoms. The Kier molecular flexibility index (Phi) is 4.76. The highest BCUT2D eigenvalue weighted by molar-refractivity contribution is 6.04. The molecule has 7 heteroatoms. The van der Waals surface area contributed by atoms with Crippen molar-refractivity contribution in [2.45, 2.75) is 25.4 Å². The molecule has 2 N–H and O–H groups in total. The lowest BCUT2D eigenvalue weighted by Crippen LogP contribution is -2.15. The molecular formula is C18H18F3N3O. The number of alkyl halides is 3. The van der Waals surface area contributed by atoms with Crippen LogP contribution < -0.4 is 10.6 Å². The van der Waals surface area contributed by atoms with Crippen molar-refractivity contribution in [2.24, 2.45) is 0 Å². The molecule has 4 nitrogen and oxygen atoms in total. The van der Waals surface area contributed by atoms with Crippen LogP contribution in [0.5, 0.6) is 0 Å². The largest absolute Gasteiger partial charge is 0.417 e. The molecule has 0 spiro atoms. The summed E-state index contributed by atoms with van der Waals surface area (Å²) in [5.74, 6) is -0.101. The molecule has 3 rings (SSSR count). The van der Waals surface area contributed by atoms with Gasteiger partial charge < -0.3 is 10.6 Å². The van der Waals surface area contributed by atoms with Crippen molar-refractivity contribution in [1.29, 1.82) is 0 Å². The number of carbonyl (C=O) groups is 1. The van der Waals surface area contributed by atoms with Crippen molar-refractivity contribution in [3.63, 3.8) is 0 Å². The van der Waals surface area contributed by atoms with E-state index in [0.29, 0.717) is 11.5 Å². The van der Waals surface area contributed by atoms with E-state index in [4.69, 9.17) is 0 Å². The van der Waals surface area contributed by atoms with Crippen molar-refractivity contribution in [3.05, 3.63) is 58.9 Å². The van der Waals surface area contributed by atoms with Gasteiger partial charge in [0.2, 0.25) is 0 Å². The Morgan fingerprint density at radius 2 is 2.08 bits per heavy atom. The SMILES string of the molecule is Cc1ccc(C(=O)Nc2cncc(C(F)(F)F)c2)cc1[C@@H]1CCNC1. The normalized spacial score (nSPS) is 17.5. The van der Waals surface area contributed by atoms with Gasteiger partial charge in [-0.25, -0.2) is 0 Å². The standard InChI is InChI=1S/C18H18F3N3O/c1-11-2-3-12(6-16(11)13-4-5-22-8-13)17(25)24-15-7-14(9-23-10-15)18(19,20)21/h2-3,6-7,9-10,13,22H,4-5,8H2,1H3,(H,24,25)/t13-/m1/s1. The number of aryl methyl sites for hydroxylation is 1. The number of halogens is 3. The van der Waals surface area contributed by atoms with Gasteiger partial charge in [-0.1, -0.05) is 6.07 Å². The number of carbonyl (C=O) groups excluding carboxylic acids is 1. The quantitative estimate of drug-likeness (QED) is 0.888. The average Bonchev–Trinajstić information content (AvgIpc) is 3.09. The molecule has 0 aliphatic carbocycles. The number of rotatable bonds is 3. The van der Waals surface area contributed by atoms with Crippen molar-refractivity contribution in [2.75, 3.05) is 18.4 Å². The molecule has 1 fully saturated rings. The second-order valence-corrected chi connectivity index (χ2v) is 6.18. The van der Waals surface area contributed by atoms with Gasteiger partial charge in [0.05, 0.1) is 17.4 Å². The van der Waals surface area contributed by atoms with Gasteiger partial charge in [0, 0.05) is 18.3 Å². The fourth-order valence-corrected chi connectivity index (χ4v) is 3.01. The van der Waals surface area contributed by atoms with Crippen LogP contribution in [0.2, 0.25) is 0 Å². The van der Waals surface area contributed by atoms with E-state index in [-0.39, 0.29) is 5.69 Å². The first-order chi connectivity index (χ1) is 11.8. The van der Waals surface area contributed by atoms with Crippen LogP contribution in [-0.2, 0) is 6.18 Å². The number of hydrogen-bond donors (Lipinski definition) is 2. The molecule has 1 aliphatic heterocycles. The third-order valence-corrected chi connectivity index (χ3v) is 4.37. The Hall–Kier alpha value is -2.41. The Labute approximate surface area is 143 Å². The minimum Gasteiger partial charge on any atom is -0.321 e. The molecule has 1 aromatic carbocycles. The first kappa shape index (κ1) is 17.4. The molecule has 2 heterocycles. The summed E-state index contributed by atoms with van der Waals surface area (Å²) in [6.07, 6.45) is -1.57. The van der Waals surface area contributed by atoms with Crippen molar-refractivity contribution in [1.82, 2.24) is 10.3 Å². The van der Waals surface area contributed by atoms with Crippen LogP contribution in [0.1, 0.15) is 39.4 Å². The molecular weight excluding hydrogens is 331 g/mol. The van der Waals surface area contributed by atoms with E-state index in [0.717, 1.165) is 42.9 Å². The summed E-state index contributed by atoms with van der Waals surface area (Å²) < 4.78 is 38.2.